The summed E-state index contributed by atoms with van der Waals surface area (Å²) in [6.45, 7) is 3.33. The van der Waals surface area contributed by atoms with E-state index in [-0.39, 0.29) is 28.6 Å². The Kier molecular flexibility index (Phi) is 7.26. The lowest BCUT2D eigenvalue weighted by Crippen LogP contribution is -2.50. The molecule has 2 aliphatic heterocycles. The predicted molar refractivity (Wildman–Crippen MR) is 156 cm³/mol. The van der Waals surface area contributed by atoms with Crippen LogP contribution in [-0.4, -0.2) is 54.2 Å². The van der Waals surface area contributed by atoms with Crippen molar-refractivity contribution >= 4 is 34.8 Å². The lowest BCUT2D eigenvalue weighted by Gasteiger charge is -2.35. The first kappa shape index (κ1) is 26.1. The van der Waals surface area contributed by atoms with Gasteiger partial charge >= 0.3 is 0 Å². The van der Waals surface area contributed by atoms with E-state index in [1.165, 1.54) is 6.07 Å². The number of hydrogen-bond acceptors (Lipinski definition) is 5. The highest BCUT2D eigenvalue weighted by molar-refractivity contribution is 6.35. The molecule has 0 bridgehead atoms. The van der Waals surface area contributed by atoms with Crippen molar-refractivity contribution in [1.29, 1.82) is 0 Å². The van der Waals surface area contributed by atoms with Crippen LogP contribution in [0.15, 0.2) is 91.0 Å². The van der Waals surface area contributed by atoms with E-state index >= 15 is 0 Å². The number of nitrogens with zero attached hydrogens (tertiary/aromatic N) is 2. The Morgan fingerprint density at radius 2 is 1.70 bits per heavy atom. The molecule has 202 valence electrons. The molecule has 8 heteroatoms. The van der Waals surface area contributed by atoms with Gasteiger partial charge in [0, 0.05) is 36.6 Å². The number of carbonyl (C=O) groups excluding carboxylic acids is 2. The number of amides is 2. The zero-order valence-corrected chi connectivity index (χ0v) is 22.5. The molecule has 7 nitrogen and oxygen atoms in total. The van der Waals surface area contributed by atoms with Gasteiger partial charge in [-0.25, -0.2) is 0 Å². The predicted octanol–water partition coefficient (Wildman–Crippen LogP) is 5.83. The van der Waals surface area contributed by atoms with E-state index in [9.17, 15) is 14.7 Å². The number of para-hydroxylation sites is 1. The van der Waals surface area contributed by atoms with Gasteiger partial charge in [-0.1, -0.05) is 60.1 Å². The second kappa shape index (κ2) is 11.1. The highest BCUT2D eigenvalue weighted by Gasteiger charge is 2.33. The van der Waals surface area contributed by atoms with Gasteiger partial charge in [0.05, 0.1) is 29.8 Å². The third kappa shape index (κ3) is 5.19. The maximum atomic E-state index is 13.9. The van der Waals surface area contributed by atoms with Crippen LogP contribution < -0.4 is 10.2 Å². The Labute approximate surface area is 237 Å². The average Bonchev–Trinajstić information content (AvgIpc) is 3.14. The first-order valence-electron chi connectivity index (χ1n) is 13.2. The third-order valence-electron chi connectivity index (χ3n) is 7.43. The van der Waals surface area contributed by atoms with Gasteiger partial charge in [-0.05, 0) is 59.2 Å². The summed E-state index contributed by atoms with van der Waals surface area (Å²) in [5, 5.41) is 13.2. The lowest BCUT2D eigenvalue weighted by molar-refractivity contribution is -0.00653. The van der Waals surface area contributed by atoms with Crippen molar-refractivity contribution in [3.63, 3.8) is 0 Å². The zero-order chi connectivity index (χ0) is 27.6. The molecule has 0 unspecified atom stereocenters. The molecule has 0 radical (unpaired) electrons. The number of carbonyl (C=O) groups is 2. The number of hydrogen-bond donors (Lipinski definition) is 2. The van der Waals surface area contributed by atoms with Crippen molar-refractivity contribution in [1.82, 2.24) is 4.90 Å². The normalized spacial score (nSPS) is 16.9. The van der Waals surface area contributed by atoms with Gasteiger partial charge in [-0.2, -0.15) is 0 Å². The minimum Gasteiger partial charge on any atom is -0.508 e. The molecular weight excluding hydrogens is 526 g/mol. The highest BCUT2D eigenvalue weighted by atomic mass is 35.5. The van der Waals surface area contributed by atoms with Crippen molar-refractivity contribution in [2.45, 2.75) is 12.6 Å². The molecule has 2 heterocycles. The summed E-state index contributed by atoms with van der Waals surface area (Å²) in [6.07, 6.45) is 0. The molecule has 6 rings (SSSR count). The number of aromatic hydroxyl groups is 1. The Hall–Kier alpha value is -4.17. The Morgan fingerprint density at radius 1 is 0.925 bits per heavy atom. The molecule has 1 fully saturated rings. The number of benzene rings is 4. The molecule has 0 aromatic heterocycles. The number of halogens is 1. The smallest absolute Gasteiger partial charge is 0.259 e. The van der Waals surface area contributed by atoms with Gasteiger partial charge in [0.25, 0.3) is 11.8 Å². The van der Waals surface area contributed by atoms with Gasteiger partial charge in [-0.15, -0.1) is 0 Å². The van der Waals surface area contributed by atoms with Crippen LogP contribution in [0.5, 0.6) is 5.75 Å². The van der Waals surface area contributed by atoms with Gasteiger partial charge in [0.15, 0.2) is 0 Å². The van der Waals surface area contributed by atoms with Crippen LogP contribution in [-0.2, 0) is 11.3 Å². The van der Waals surface area contributed by atoms with E-state index < -0.39 is 0 Å². The lowest BCUT2D eigenvalue weighted by atomic mass is 9.98. The summed E-state index contributed by atoms with van der Waals surface area (Å²) >= 11 is 6.66. The van der Waals surface area contributed by atoms with E-state index in [0.29, 0.717) is 42.1 Å². The minimum atomic E-state index is -0.354. The molecule has 40 heavy (non-hydrogen) atoms. The van der Waals surface area contributed by atoms with Crippen molar-refractivity contribution in [2.24, 2.45) is 0 Å². The molecule has 4 aromatic rings. The number of ether oxygens (including phenoxy) is 1. The van der Waals surface area contributed by atoms with E-state index in [1.807, 2.05) is 48.5 Å². The van der Waals surface area contributed by atoms with Gasteiger partial charge < -0.3 is 20.1 Å². The summed E-state index contributed by atoms with van der Waals surface area (Å²) in [7, 11) is 0. The SMILES string of the molecule is O=C(Nc1ccc(C(=O)N2C[C@H]3COCCN3Cc3ccccc32)c(Cl)c1)c1ccc(O)cc1-c1ccccc1. The van der Waals surface area contributed by atoms with Crippen LogP contribution in [0.3, 0.4) is 0 Å². The Bertz CT molecular complexity index is 1580. The number of nitrogens with one attached hydrogen (secondary N) is 1. The van der Waals surface area contributed by atoms with Crippen LogP contribution in [0.1, 0.15) is 26.3 Å². The fourth-order valence-electron chi connectivity index (χ4n) is 5.39. The topological polar surface area (TPSA) is 82.1 Å². The van der Waals surface area contributed by atoms with Crippen molar-refractivity contribution in [2.75, 3.05) is 36.5 Å². The van der Waals surface area contributed by atoms with Gasteiger partial charge in [0.2, 0.25) is 0 Å². The fourth-order valence-corrected chi connectivity index (χ4v) is 5.65. The second-order valence-corrected chi connectivity index (χ2v) is 10.4. The second-order valence-electron chi connectivity index (χ2n) is 9.99. The molecule has 1 saturated heterocycles. The molecule has 2 amide bonds. The summed E-state index contributed by atoms with van der Waals surface area (Å²) < 4.78 is 5.72. The fraction of sp³-hybridized carbons (Fsp3) is 0.188. The summed E-state index contributed by atoms with van der Waals surface area (Å²) in [5.74, 6) is -0.486. The summed E-state index contributed by atoms with van der Waals surface area (Å²) in [6, 6.07) is 27.0. The molecule has 0 saturated carbocycles. The molecule has 0 spiro atoms. The van der Waals surface area contributed by atoms with E-state index in [4.69, 9.17) is 16.3 Å². The highest BCUT2D eigenvalue weighted by Crippen LogP contribution is 2.32. The average molecular weight is 554 g/mol. The molecule has 2 N–H and O–H groups in total. The van der Waals surface area contributed by atoms with Crippen LogP contribution in [0.4, 0.5) is 11.4 Å². The maximum absolute atomic E-state index is 13.9. The van der Waals surface area contributed by atoms with Crippen molar-refractivity contribution in [3.8, 4) is 16.9 Å². The third-order valence-corrected chi connectivity index (χ3v) is 7.75. The number of morpholine rings is 1. The van der Waals surface area contributed by atoms with Gasteiger partial charge in [0.1, 0.15) is 5.75 Å². The van der Waals surface area contributed by atoms with Crippen LogP contribution in [0, 0.1) is 0 Å². The van der Waals surface area contributed by atoms with Gasteiger partial charge in [-0.3, -0.25) is 14.5 Å². The largest absolute Gasteiger partial charge is 0.508 e. The van der Waals surface area contributed by atoms with E-state index in [2.05, 4.69) is 16.3 Å². The number of phenols is 1. The van der Waals surface area contributed by atoms with E-state index in [0.717, 1.165) is 29.9 Å². The quantitative estimate of drug-likeness (QED) is 0.332. The molecule has 1 atom stereocenters. The first-order chi connectivity index (χ1) is 19.5. The van der Waals surface area contributed by atoms with Crippen LogP contribution in [0.25, 0.3) is 11.1 Å². The molecule has 4 aromatic carbocycles. The first-order valence-corrected chi connectivity index (χ1v) is 13.6. The zero-order valence-electron chi connectivity index (χ0n) is 21.7. The maximum Gasteiger partial charge on any atom is 0.259 e. The summed E-state index contributed by atoms with van der Waals surface area (Å²) in [4.78, 5) is 31.3. The number of fused-ring (bicyclic) bond motifs is 2. The molecule has 0 aliphatic carbocycles. The standard InChI is InChI=1S/C32H28ClN3O4/c33-29-16-23(34-31(38)26-13-11-25(37)17-28(26)21-6-2-1-3-7-21)10-12-27(29)32(39)36-19-24-20-40-15-14-35(24)18-22-8-4-5-9-30(22)36/h1-13,16-17,24,37H,14-15,18-20H2,(H,34,38)/t24-/m0/s1. The number of rotatable bonds is 4. The van der Waals surface area contributed by atoms with Crippen LogP contribution >= 0.6 is 11.6 Å². The summed E-state index contributed by atoms with van der Waals surface area (Å²) in [5.41, 5.74) is 4.59. The molecule has 2 aliphatic rings. The molecular formula is C32H28ClN3O4. The van der Waals surface area contributed by atoms with Crippen LogP contribution in [0.2, 0.25) is 5.02 Å². The number of anilines is 2. The van der Waals surface area contributed by atoms with E-state index in [1.54, 1.807) is 35.2 Å². The Balaban J connectivity index is 1.26. The monoisotopic (exact) mass is 553 g/mol. The number of phenolic OH excluding ortho intramolecular Hbond substituents is 1. The Morgan fingerprint density at radius 3 is 2.52 bits per heavy atom. The van der Waals surface area contributed by atoms with Crippen molar-refractivity contribution in [3.05, 3.63) is 113 Å². The van der Waals surface area contributed by atoms with Crippen molar-refractivity contribution < 1.29 is 19.4 Å². The minimum absolute atomic E-state index is 0.0688.